The summed E-state index contributed by atoms with van der Waals surface area (Å²) in [4.78, 5) is 14.1. The predicted octanol–water partition coefficient (Wildman–Crippen LogP) is 2.43. The van der Waals surface area contributed by atoms with Gasteiger partial charge >= 0.3 is 5.97 Å². The molecule has 2 N–H and O–H groups in total. The van der Waals surface area contributed by atoms with Gasteiger partial charge in [0.2, 0.25) is 0 Å². The van der Waals surface area contributed by atoms with Crippen LogP contribution in [0.4, 0.5) is 11.4 Å². The van der Waals surface area contributed by atoms with Gasteiger partial charge in [0, 0.05) is 19.8 Å². The zero-order valence-corrected chi connectivity index (χ0v) is 11.0. The number of nitrogen functional groups attached to an aromatic ring is 1. The molecule has 1 aliphatic rings. The van der Waals surface area contributed by atoms with Gasteiger partial charge in [-0.05, 0) is 43.9 Å². The number of benzene rings is 1. The highest BCUT2D eigenvalue weighted by molar-refractivity contribution is 5.97. The van der Waals surface area contributed by atoms with E-state index in [9.17, 15) is 4.79 Å². The van der Waals surface area contributed by atoms with E-state index >= 15 is 0 Å². The molecule has 0 saturated heterocycles. The number of carbonyl (C=O) groups excluding carboxylic acids is 1. The standard InChI is InChI=1S/C14H20N2O2/c1-16(2)13-8-7-10(15)9-12(13)14(17)18-11-5-3-4-6-11/h7-9,11H,3-6,15H2,1-2H3. The fraction of sp³-hybridized carbons (Fsp3) is 0.500. The largest absolute Gasteiger partial charge is 0.459 e. The van der Waals surface area contributed by atoms with Crippen LogP contribution in [-0.4, -0.2) is 26.2 Å². The van der Waals surface area contributed by atoms with E-state index in [0.717, 1.165) is 31.4 Å². The monoisotopic (exact) mass is 248 g/mol. The molecule has 0 amide bonds. The molecule has 0 bridgehead atoms. The molecule has 1 aromatic carbocycles. The summed E-state index contributed by atoms with van der Waals surface area (Å²) in [5.74, 6) is -0.266. The highest BCUT2D eigenvalue weighted by Crippen LogP contribution is 2.26. The van der Waals surface area contributed by atoms with Gasteiger partial charge in [-0.3, -0.25) is 0 Å². The van der Waals surface area contributed by atoms with Crippen molar-refractivity contribution in [2.45, 2.75) is 31.8 Å². The molecule has 1 fully saturated rings. The van der Waals surface area contributed by atoms with Gasteiger partial charge in [-0.15, -0.1) is 0 Å². The summed E-state index contributed by atoms with van der Waals surface area (Å²) >= 11 is 0. The molecule has 0 aromatic heterocycles. The lowest BCUT2D eigenvalue weighted by atomic mass is 10.1. The van der Waals surface area contributed by atoms with E-state index in [1.54, 1.807) is 12.1 Å². The molecule has 4 nitrogen and oxygen atoms in total. The van der Waals surface area contributed by atoms with Crippen LogP contribution < -0.4 is 10.6 Å². The number of nitrogens with zero attached hydrogens (tertiary/aromatic N) is 1. The topological polar surface area (TPSA) is 55.6 Å². The molecule has 4 heteroatoms. The second kappa shape index (κ2) is 5.29. The van der Waals surface area contributed by atoms with Gasteiger partial charge in [0.05, 0.1) is 11.3 Å². The average molecular weight is 248 g/mol. The lowest BCUT2D eigenvalue weighted by molar-refractivity contribution is 0.0319. The van der Waals surface area contributed by atoms with Crippen molar-refractivity contribution in [2.75, 3.05) is 24.7 Å². The molecule has 18 heavy (non-hydrogen) atoms. The molecule has 2 rings (SSSR count). The minimum Gasteiger partial charge on any atom is -0.459 e. The summed E-state index contributed by atoms with van der Waals surface area (Å²) in [7, 11) is 3.80. The second-order valence-corrected chi connectivity index (χ2v) is 4.98. The van der Waals surface area contributed by atoms with Crippen molar-refractivity contribution in [3.63, 3.8) is 0 Å². The average Bonchev–Trinajstić information content (AvgIpc) is 2.81. The summed E-state index contributed by atoms with van der Waals surface area (Å²) < 4.78 is 5.52. The first kappa shape index (κ1) is 12.7. The molecular formula is C14H20N2O2. The third kappa shape index (κ3) is 2.75. The van der Waals surface area contributed by atoms with Crippen LogP contribution in [0.3, 0.4) is 0 Å². The first-order valence-electron chi connectivity index (χ1n) is 6.36. The van der Waals surface area contributed by atoms with Gasteiger partial charge in [-0.25, -0.2) is 4.79 Å². The van der Waals surface area contributed by atoms with E-state index in [2.05, 4.69) is 0 Å². The van der Waals surface area contributed by atoms with Crippen LogP contribution in [-0.2, 0) is 4.74 Å². The van der Waals surface area contributed by atoms with E-state index in [0.29, 0.717) is 11.3 Å². The second-order valence-electron chi connectivity index (χ2n) is 4.98. The zero-order valence-electron chi connectivity index (χ0n) is 11.0. The Hall–Kier alpha value is -1.71. The number of rotatable bonds is 3. The Kier molecular flexibility index (Phi) is 3.75. The summed E-state index contributed by atoms with van der Waals surface area (Å²) in [6, 6.07) is 5.33. The number of esters is 1. The first-order chi connectivity index (χ1) is 8.58. The molecule has 0 atom stereocenters. The number of hydrogen-bond acceptors (Lipinski definition) is 4. The Bertz CT molecular complexity index is 437. The highest BCUT2D eigenvalue weighted by Gasteiger charge is 2.22. The van der Waals surface area contributed by atoms with Crippen LogP contribution in [0.1, 0.15) is 36.0 Å². The predicted molar refractivity (Wildman–Crippen MR) is 72.9 cm³/mol. The van der Waals surface area contributed by atoms with Crippen LogP contribution in [0.2, 0.25) is 0 Å². The molecule has 0 radical (unpaired) electrons. The Balaban J connectivity index is 2.19. The minimum atomic E-state index is -0.266. The van der Waals surface area contributed by atoms with Crippen molar-refractivity contribution in [3.8, 4) is 0 Å². The molecule has 0 spiro atoms. The molecule has 98 valence electrons. The van der Waals surface area contributed by atoms with E-state index in [-0.39, 0.29) is 12.1 Å². The lowest BCUT2D eigenvalue weighted by Gasteiger charge is -2.18. The van der Waals surface area contributed by atoms with Crippen LogP contribution in [0, 0.1) is 0 Å². The Morgan fingerprint density at radius 3 is 2.61 bits per heavy atom. The summed E-state index contributed by atoms with van der Waals surface area (Å²) in [5, 5.41) is 0. The van der Waals surface area contributed by atoms with Crippen molar-refractivity contribution in [2.24, 2.45) is 0 Å². The smallest absolute Gasteiger partial charge is 0.340 e. The fourth-order valence-corrected chi connectivity index (χ4v) is 2.33. The van der Waals surface area contributed by atoms with Gasteiger partial charge in [-0.1, -0.05) is 0 Å². The maximum Gasteiger partial charge on any atom is 0.340 e. The summed E-state index contributed by atoms with van der Waals surface area (Å²) in [6.45, 7) is 0. The Morgan fingerprint density at radius 1 is 1.33 bits per heavy atom. The number of carbonyl (C=O) groups is 1. The van der Waals surface area contributed by atoms with Gasteiger partial charge in [0.25, 0.3) is 0 Å². The molecular weight excluding hydrogens is 228 g/mol. The van der Waals surface area contributed by atoms with Crippen molar-refractivity contribution in [1.29, 1.82) is 0 Å². The SMILES string of the molecule is CN(C)c1ccc(N)cc1C(=O)OC1CCCC1. The molecule has 1 aliphatic carbocycles. The van der Waals surface area contributed by atoms with Crippen molar-refractivity contribution < 1.29 is 9.53 Å². The summed E-state index contributed by atoms with van der Waals surface area (Å²) in [6.07, 6.45) is 4.33. The fourth-order valence-electron chi connectivity index (χ4n) is 2.33. The van der Waals surface area contributed by atoms with Crippen LogP contribution in [0.5, 0.6) is 0 Å². The Labute approximate surface area is 108 Å². The minimum absolute atomic E-state index is 0.0777. The van der Waals surface area contributed by atoms with Gasteiger partial charge in [0.1, 0.15) is 6.10 Å². The van der Waals surface area contributed by atoms with Gasteiger partial charge in [-0.2, -0.15) is 0 Å². The van der Waals surface area contributed by atoms with Crippen LogP contribution in [0.15, 0.2) is 18.2 Å². The molecule has 1 aromatic rings. The highest BCUT2D eigenvalue weighted by atomic mass is 16.5. The maximum atomic E-state index is 12.2. The van der Waals surface area contributed by atoms with Crippen LogP contribution in [0.25, 0.3) is 0 Å². The normalized spacial score (nSPS) is 15.7. The van der Waals surface area contributed by atoms with Crippen molar-refractivity contribution in [1.82, 2.24) is 0 Å². The third-order valence-electron chi connectivity index (χ3n) is 3.30. The summed E-state index contributed by atoms with van der Waals surface area (Å²) in [5.41, 5.74) is 7.72. The van der Waals surface area contributed by atoms with Crippen molar-refractivity contribution >= 4 is 17.3 Å². The van der Waals surface area contributed by atoms with Gasteiger partial charge < -0.3 is 15.4 Å². The number of hydrogen-bond donors (Lipinski definition) is 1. The van der Waals surface area contributed by atoms with E-state index < -0.39 is 0 Å². The number of nitrogens with two attached hydrogens (primary N) is 1. The maximum absolute atomic E-state index is 12.2. The van der Waals surface area contributed by atoms with E-state index in [1.165, 1.54) is 0 Å². The Morgan fingerprint density at radius 2 is 2.00 bits per heavy atom. The zero-order chi connectivity index (χ0) is 13.1. The molecule has 0 unspecified atom stereocenters. The molecule has 0 aliphatic heterocycles. The number of ether oxygens (including phenoxy) is 1. The lowest BCUT2D eigenvalue weighted by Crippen LogP contribution is -2.19. The van der Waals surface area contributed by atoms with Crippen LogP contribution >= 0.6 is 0 Å². The first-order valence-corrected chi connectivity index (χ1v) is 6.36. The van der Waals surface area contributed by atoms with E-state index in [4.69, 9.17) is 10.5 Å². The quantitative estimate of drug-likeness (QED) is 0.659. The van der Waals surface area contributed by atoms with Crippen molar-refractivity contribution in [3.05, 3.63) is 23.8 Å². The molecule has 0 heterocycles. The third-order valence-corrected chi connectivity index (χ3v) is 3.30. The van der Waals surface area contributed by atoms with E-state index in [1.807, 2.05) is 25.1 Å². The van der Waals surface area contributed by atoms with Gasteiger partial charge in [0.15, 0.2) is 0 Å². The number of anilines is 2. The molecule has 1 saturated carbocycles.